The molecule has 0 spiro atoms. The van der Waals surface area contributed by atoms with Crippen molar-refractivity contribution in [1.29, 1.82) is 0 Å². The highest BCUT2D eigenvalue weighted by atomic mass is 16.6. The van der Waals surface area contributed by atoms with Gasteiger partial charge in [-0.3, -0.25) is 14.9 Å². The minimum atomic E-state index is -0.489. The maximum atomic E-state index is 12.1. The van der Waals surface area contributed by atoms with Gasteiger partial charge in [0, 0.05) is 17.8 Å². The summed E-state index contributed by atoms with van der Waals surface area (Å²) < 4.78 is 5.38. The van der Waals surface area contributed by atoms with Crippen LogP contribution in [0.5, 0.6) is 5.75 Å². The van der Waals surface area contributed by atoms with Crippen LogP contribution in [0.4, 0.5) is 11.4 Å². The third-order valence-electron chi connectivity index (χ3n) is 3.84. The Morgan fingerprint density at radius 2 is 1.96 bits per heavy atom. The molecule has 0 aliphatic heterocycles. The summed E-state index contributed by atoms with van der Waals surface area (Å²) in [7, 11) is 0. The summed E-state index contributed by atoms with van der Waals surface area (Å²) in [6.07, 6.45) is 3.64. The summed E-state index contributed by atoms with van der Waals surface area (Å²) in [5.41, 5.74) is 3.38. The number of carbonyl (C=O) groups excluding carboxylic acids is 1. The molecule has 2 aromatic carbocycles. The van der Waals surface area contributed by atoms with Crippen LogP contribution in [0.2, 0.25) is 0 Å². The second kappa shape index (κ2) is 8.80. The maximum Gasteiger partial charge on any atom is 0.311 e. The van der Waals surface area contributed by atoms with E-state index in [4.69, 9.17) is 4.74 Å². The van der Waals surface area contributed by atoms with Crippen molar-refractivity contribution < 1.29 is 14.5 Å². The molecule has 1 N–H and O–H groups in total. The van der Waals surface area contributed by atoms with Crippen LogP contribution in [-0.2, 0) is 4.79 Å². The highest BCUT2D eigenvalue weighted by Gasteiger charge is 2.15. The van der Waals surface area contributed by atoms with Crippen molar-refractivity contribution >= 4 is 23.4 Å². The van der Waals surface area contributed by atoms with E-state index in [1.54, 1.807) is 12.1 Å². The SMILES string of the molecule is CCCOc1ccc(/C=C/C(=O)Nc2ccc(C)c(C)c2)cc1[N+](=O)[O-]. The molecule has 26 heavy (non-hydrogen) atoms. The number of hydrogen-bond donors (Lipinski definition) is 1. The van der Waals surface area contributed by atoms with Gasteiger partial charge < -0.3 is 10.1 Å². The zero-order valence-corrected chi connectivity index (χ0v) is 15.1. The van der Waals surface area contributed by atoms with Crippen LogP contribution in [0.3, 0.4) is 0 Å². The van der Waals surface area contributed by atoms with Gasteiger partial charge in [-0.15, -0.1) is 0 Å². The summed E-state index contributed by atoms with van der Waals surface area (Å²) in [5.74, 6) is -0.0733. The summed E-state index contributed by atoms with van der Waals surface area (Å²) >= 11 is 0. The van der Waals surface area contributed by atoms with Crippen molar-refractivity contribution in [3.05, 3.63) is 69.3 Å². The van der Waals surface area contributed by atoms with Crippen LogP contribution in [0.25, 0.3) is 6.08 Å². The normalized spacial score (nSPS) is 10.7. The van der Waals surface area contributed by atoms with E-state index in [0.717, 1.165) is 17.5 Å². The molecule has 0 unspecified atom stereocenters. The van der Waals surface area contributed by atoms with Crippen LogP contribution in [0, 0.1) is 24.0 Å². The average Bonchev–Trinajstić information content (AvgIpc) is 2.61. The van der Waals surface area contributed by atoms with Gasteiger partial charge in [0.1, 0.15) is 0 Å². The number of aryl methyl sites for hydroxylation is 2. The second-order valence-corrected chi connectivity index (χ2v) is 5.95. The summed E-state index contributed by atoms with van der Waals surface area (Å²) in [5, 5.41) is 14.0. The molecule has 0 saturated carbocycles. The zero-order chi connectivity index (χ0) is 19.1. The highest BCUT2D eigenvalue weighted by molar-refractivity contribution is 6.02. The van der Waals surface area contributed by atoms with Crippen LogP contribution >= 0.6 is 0 Å². The number of nitrogens with one attached hydrogen (secondary N) is 1. The molecular formula is C20H22N2O4. The first kappa shape index (κ1) is 19.2. The third-order valence-corrected chi connectivity index (χ3v) is 3.84. The Morgan fingerprint density at radius 3 is 2.62 bits per heavy atom. The number of ether oxygens (including phenoxy) is 1. The van der Waals surface area contributed by atoms with Crippen molar-refractivity contribution in [1.82, 2.24) is 0 Å². The highest BCUT2D eigenvalue weighted by Crippen LogP contribution is 2.28. The molecule has 0 aliphatic rings. The van der Waals surface area contributed by atoms with Crippen LogP contribution < -0.4 is 10.1 Å². The standard InChI is InChI=1S/C20H22N2O4/c1-4-11-26-19-9-6-16(13-18(19)22(24)25)7-10-20(23)21-17-8-5-14(2)15(3)12-17/h5-10,12-13H,4,11H2,1-3H3,(H,21,23)/b10-7+. The fraction of sp³-hybridized carbons (Fsp3) is 0.250. The number of rotatable bonds is 7. The van der Waals surface area contributed by atoms with Crippen LogP contribution in [0.15, 0.2) is 42.5 Å². The van der Waals surface area contributed by atoms with E-state index in [9.17, 15) is 14.9 Å². The van der Waals surface area contributed by atoms with Gasteiger partial charge in [-0.2, -0.15) is 0 Å². The van der Waals surface area contributed by atoms with Gasteiger partial charge in [0.25, 0.3) is 0 Å². The lowest BCUT2D eigenvalue weighted by Gasteiger charge is -2.06. The lowest BCUT2D eigenvalue weighted by atomic mass is 10.1. The molecule has 0 bridgehead atoms. The van der Waals surface area contributed by atoms with Crippen molar-refractivity contribution in [3.63, 3.8) is 0 Å². The van der Waals surface area contributed by atoms with E-state index < -0.39 is 4.92 Å². The molecule has 0 atom stereocenters. The Morgan fingerprint density at radius 1 is 1.19 bits per heavy atom. The van der Waals surface area contributed by atoms with E-state index in [1.807, 2.05) is 39.0 Å². The lowest BCUT2D eigenvalue weighted by Crippen LogP contribution is -2.08. The first-order valence-electron chi connectivity index (χ1n) is 8.38. The Balaban J connectivity index is 2.11. The topological polar surface area (TPSA) is 81.5 Å². The molecule has 0 radical (unpaired) electrons. The number of benzene rings is 2. The number of nitro groups is 1. The quantitative estimate of drug-likeness (QED) is 0.446. The molecule has 6 nitrogen and oxygen atoms in total. The van der Waals surface area contributed by atoms with Gasteiger partial charge in [0.05, 0.1) is 11.5 Å². The van der Waals surface area contributed by atoms with Crippen molar-refractivity contribution in [2.75, 3.05) is 11.9 Å². The van der Waals surface area contributed by atoms with Gasteiger partial charge in [0.2, 0.25) is 5.91 Å². The van der Waals surface area contributed by atoms with Crippen LogP contribution in [0.1, 0.15) is 30.0 Å². The van der Waals surface area contributed by atoms with E-state index in [-0.39, 0.29) is 17.3 Å². The predicted octanol–water partition coefficient (Wildman–Crippen LogP) is 4.65. The van der Waals surface area contributed by atoms with E-state index >= 15 is 0 Å². The Kier molecular flexibility index (Phi) is 6.49. The number of carbonyl (C=O) groups is 1. The summed E-state index contributed by atoms with van der Waals surface area (Å²) in [6.45, 7) is 6.31. The molecule has 0 aromatic heterocycles. The van der Waals surface area contributed by atoms with Crippen molar-refractivity contribution in [3.8, 4) is 5.75 Å². The summed E-state index contributed by atoms with van der Waals surface area (Å²) in [6, 6.07) is 10.3. The van der Waals surface area contributed by atoms with Gasteiger partial charge in [-0.05, 0) is 61.2 Å². The average molecular weight is 354 g/mol. The Bertz CT molecular complexity index is 844. The molecule has 0 saturated heterocycles. The summed E-state index contributed by atoms with van der Waals surface area (Å²) in [4.78, 5) is 22.8. The predicted molar refractivity (Wildman–Crippen MR) is 102 cm³/mol. The number of nitro benzene ring substituents is 1. The molecule has 1 amide bonds. The molecule has 6 heteroatoms. The molecular weight excluding hydrogens is 332 g/mol. The fourth-order valence-corrected chi connectivity index (χ4v) is 2.29. The fourth-order valence-electron chi connectivity index (χ4n) is 2.29. The molecule has 2 rings (SSSR count). The smallest absolute Gasteiger partial charge is 0.311 e. The Labute approximate surface area is 152 Å². The van der Waals surface area contributed by atoms with E-state index in [2.05, 4.69) is 5.32 Å². The molecule has 0 aliphatic carbocycles. The van der Waals surface area contributed by atoms with E-state index in [1.165, 1.54) is 18.2 Å². The van der Waals surface area contributed by atoms with Crippen molar-refractivity contribution in [2.24, 2.45) is 0 Å². The second-order valence-electron chi connectivity index (χ2n) is 5.95. The van der Waals surface area contributed by atoms with Gasteiger partial charge in [-0.1, -0.05) is 19.1 Å². The maximum absolute atomic E-state index is 12.1. The molecule has 136 valence electrons. The Hall–Kier alpha value is -3.15. The van der Waals surface area contributed by atoms with Crippen molar-refractivity contribution in [2.45, 2.75) is 27.2 Å². The first-order chi connectivity index (χ1) is 12.4. The minimum absolute atomic E-state index is 0.116. The van der Waals surface area contributed by atoms with Gasteiger partial charge >= 0.3 is 5.69 Å². The minimum Gasteiger partial charge on any atom is -0.487 e. The monoisotopic (exact) mass is 354 g/mol. The zero-order valence-electron chi connectivity index (χ0n) is 15.1. The number of hydrogen-bond acceptors (Lipinski definition) is 4. The lowest BCUT2D eigenvalue weighted by molar-refractivity contribution is -0.385. The van der Waals surface area contributed by atoms with Gasteiger partial charge in [-0.25, -0.2) is 0 Å². The van der Waals surface area contributed by atoms with Gasteiger partial charge in [0.15, 0.2) is 5.75 Å². The number of nitrogens with zero attached hydrogens (tertiary/aromatic N) is 1. The molecule has 0 heterocycles. The third kappa shape index (κ3) is 5.17. The number of anilines is 1. The largest absolute Gasteiger partial charge is 0.487 e. The first-order valence-corrected chi connectivity index (χ1v) is 8.38. The molecule has 2 aromatic rings. The van der Waals surface area contributed by atoms with E-state index in [0.29, 0.717) is 17.9 Å². The molecule has 0 fully saturated rings. The van der Waals surface area contributed by atoms with Crippen LogP contribution in [-0.4, -0.2) is 17.4 Å². The number of amides is 1.